The molecule has 2 amide bonds. The van der Waals surface area contributed by atoms with E-state index in [0.29, 0.717) is 24.0 Å². The number of rotatable bonds is 7. The average molecular weight is 385 g/mol. The molecule has 1 aliphatic carbocycles. The van der Waals surface area contributed by atoms with Crippen molar-refractivity contribution in [3.05, 3.63) is 29.8 Å². The van der Waals surface area contributed by atoms with Crippen molar-refractivity contribution < 1.29 is 9.59 Å². The summed E-state index contributed by atoms with van der Waals surface area (Å²) in [5.41, 5.74) is 0.863. The zero-order valence-electron chi connectivity index (χ0n) is 16.3. The van der Waals surface area contributed by atoms with Crippen molar-refractivity contribution in [3.63, 3.8) is 0 Å². The van der Waals surface area contributed by atoms with Gasteiger partial charge >= 0.3 is 0 Å². The molecule has 2 fully saturated rings. The molecule has 2 aromatic heterocycles. The number of carbonyl (C=O) groups excluding carboxylic acids is 2. The van der Waals surface area contributed by atoms with E-state index in [1.54, 1.807) is 21.6 Å². The Hall–Kier alpha value is -2.71. The number of likely N-dealkylation sites (tertiary alicyclic amines) is 1. The molecule has 1 N–H and O–H groups in total. The molecule has 9 heteroatoms. The summed E-state index contributed by atoms with van der Waals surface area (Å²) in [6, 6.07) is 2.25. The van der Waals surface area contributed by atoms with E-state index in [4.69, 9.17) is 0 Å². The summed E-state index contributed by atoms with van der Waals surface area (Å²) < 4.78 is 3.47. The fraction of sp³-hybridized carbons (Fsp3) is 0.632. The van der Waals surface area contributed by atoms with Crippen LogP contribution in [-0.2, 0) is 13.1 Å². The van der Waals surface area contributed by atoms with Gasteiger partial charge < -0.3 is 10.2 Å². The number of amides is 2. The molecule has 150 valence electrons. The van der Waals surface area contributed by atoms with Crippen LogP contribution in [0.15, 0.2) is 18.5 Å². The Morgan fingerprint density at radius 1 is 1.18 bits per heavy atom. The van der Waals surface area contributed by atoms with Crippen molar-refractivity contribution in [3.8, 4) is 0 Å². The van der Waals surface area contributed by atoms with E-state index in [9.17, 15) is 9.59 Å². The largest absolute Gasteiger partial charge is 0.348 e. The molecule has 1 saturated carbocycles. The minimum absolute atomic E-state index is 0.00000878. The van der Waals surface area contributed by atoms with Crippen LogP contribution in [0.5, 0.6) is 0 Å². The minimum Gasteiger partial charge on any atom is -0.348 e. The summed E-state index contributed by atoms with van der Waals surface area (Å²) in [4.78, 5) is 26.9. The van der Waals surface area contributed by atoms with Crippen LogP contribution in [0.3, 0.4) is 0 Å². The van der Waals surface area contributed by atoms with Crippen molar-refractivity contribution in [1.29, 1.82) is 0 Å². The lowest BCUT2D eigenvalue weighted by Crippen LogP contribution is -2.44. The van der Waals surface area contributed by atoms with Gasteiger partial charge in [-0.25, -0.2) is 0 Å². The second-order valence-corrected chi connectivity index (χ2v) is 7.61. The molecule has 28 heavy (non-hydrogen) atoms. The Morgan fingerprint density at radius 2 is 2.04 bits per heavy atom. The Labute approximate surface area is 164 Å². The van der Waals surface area contributed by atoms with E-state index in [-0.39, 0.29) is 17.9 Å². The third kappa shape index (κ3) is 4.23. The average Bonchev–Trinajstić information content (AvgIpc) is 3.22. The molecular formula is C19H27N7O2. The monoisotopic (exact) mass is 385 g/mol. The lowest BCUT2D eigenvalue weighted by atomic mass is 9.99. The molecule has 3 heterocycles. The number of aryl methyl sites for hydroxylation is 2. The number of hydrogen-bond donors (Lipinski definition) is 1. The highest BCUT2D eigenvalue weighted by molar-refractivity contribution is 5.92. The van der Waals surface area contributed by atoms with Crippen LogP contribution < -0.4 is 5.32 Å². The minimum atomic E-state index is -0.158. The fourth-order valence-corrected chi connectivity index (χ4v) is 3.65. The Morgan fingerprint density at radius 3 is 2.79 bits per heavy atom. The standard InChI is InChI=1S/C19H27N7O2/c1-2-24-12-9-16(22-24)19(28)26-10-4-3-5-15(26)8-11-25-13-17(21-23-25)18(27)20-14-6-7-14/h9,12-15H,2-8,10-11H2,1H3,(H,20,27). The Balaban J connectivity index is 1.36. The number of carbonyl (C=O) groups is 2. The van der Waals surface area contributed by atoms with Crippen LogP contribution >= 0.6 is 0 Å². The lowest BCUT2D eigenvalue weighted by Gasteiger charge is -2.35. The van der Waals surface area contributed by atoms with Crippen LogP contribution in [0, 0.1) is 0 Å². The van der Waals surface area contributed by atoms with Gasteiger partial charge in [0.1, 0.15) is 5.69 Å². The van der Waals surface area contributed by atoms with E-state index in [2.05, 4.69) is 20.7 Å². The van der Waals surface area contributed by atoms with E-state index in [0.717, 1.165) is 51.6 Å². The highest BCUT2D eigenvalue weighted by Gasteiger charge is 2.29. The molecule has 1 atom stereocenters. The first-order chi connectivity index (χ1) is 13.6. The first kappa shape index (κ1) is 18.6. The van der Waals surface area contributed by atoms with Gasteiger partial charge in [-0.1, -0.05) is 5.21 Å². The molecular weight excluding hydrogens is 358 g/mol. The van der Waals surface area contributed by atoms with Gasteiger partial charge in [0, 0.05) is 37.9 Å². The maximum Gasteiger partial charge on any atom is 0.274 e. The van der Waals surface area contributed by atoms with Gasteiger partial charge in [-0.3, -0.25) is 19.0 Å². The predicted octanol–water partition coefficient (Wildman–Crippen LogP) is 1.47. The Bertz CT molecular complexity index is 839. The van der Waals surface area contributed by atoms with Gasteiger partial charge in [0.15, 0.2) is 5.69 Å². The highest BCUT2D eigenvalue weighted by Crippen LogP contribution is 2.22. The van der Waals surface area contributed by atoms with E-state index >= 15 is 0 Å². The van der Waals surface area contributed by atoms with Crippen LogP contribution in [0.2, 0.25) is 0 Å². The molecule has 1 unspecified atom stereocenters. The number of nitrogens with one attached hydrogen (secondary N) is 1. The molecule has 0 bridgehead atoms. The number of nitrogens with zero attached hydrogens (tertiary/aromatic N) is 6. The molecule has 1 saturated heterocycles. The summed E-state index contributed by atoms with van der Waals surface area (Å²) in [5, 5.41) is 15.3. The molecule has 0 aromatic carbocycles. The summed E-state index contributed by atoms with van der Waals surface area (Å²) in [5.74, 6) is -0.158. The molecule has 2 aliphatic rings. The fourth-order valence-electron chi connectivity index (χ4n) is 3.65. The first-order valence-corrected chi connectivity index (χ1v) is 10.2. The smallest absolute Gasteiger partial charge is 0.274 e. The summed E-state index contributed by atoms with van der Waals surface area (Å²) >= 11 is 0. The van der Waals surface area contributed by atoms with E-state index in [1.807, 2.05) is 18.0 Å². The van der Waals surface area contributed by atoms with Crippen molar-refractivity contribution in [2.45, 2.75) is 70.6 Å². The maximum atomic E-state index is 12.9. The summed E-state index contributed by atoms with van der Waals surface area (Å²) in [7, 11) is 0. The number of hydrogen-bond acceptors (Lipinski definition) is 5. The van der Waals surface area contributed by atoms with Crippen LogP contribution in [0.4, 0.5) is 0 Å². The van der Waals surface area contributed by atoms with Gasteiger partial charge in [0.25, 0.3) is 11.8 Å². The second-order valence-electron chi connectivity index (χ2n) is 7.61. The third-order valence-corrected chi connectivity index (χ3v) is 5.45. The molecule has 9 nitrogen and oxygen atoms in total. The molecule has 4 rings (SSSR count). The van der Waals surface area contributed by atoms with Gasteiger partial charge in [-0.05, 0) is 51.5 Å². The zero-order chi connectivity index (χ0) is 19.5. The summed E-state index contributed by atoms with van der Waals surface area (Å²) in [6.07, 6.45) is 9.52. The molecule has 0 radical (unpaired) electrons. The summed E-state index contributed by atoms with van der Waals surface area (Å²) in [6.45, 7) is 4.14. The van der Waals surface area contributed by atoms with Gasteiger partial charge in [0.05, 0.1) is 6.20 Å². The van der Waals surface area contributed by atoms with Crippen molar-refractivity contribution in [1.82, 2.24) is 35.0 Å². The first-order valence-electron chi connectivity index (χ1n) is 10.2. The quantitative estimate of drug-likeness (QED) is 0.778. The number of piperidine rings is 1. The molecule has 2 aromatic rings. The molecule has 0 spiro atoms. The number of aromatic nitrogens is 5. The molecule has 1 aliphatic heterocycles. The SMILES string of the molecule is CCn1ccc(C(=O)N2CCCCC2CCn2cc(C(=O)NC3CC3)nn2)n1. The van der Waals surface area contributed by atoms with E-state index in [1.165, 1.54) is 0 Å². The van der Waals surface area contributed by atoms with Gasteiger partial charge in [-0.15, -0.1) is 5.10 Å². The second kappa shape index (κ2) is 8.12. The topological polar surface area (TPSA) is 97.9 Å². The van der Waals surface area contributed by atoms with Crippen LogP contribution in [0.1, 0.15) is 66.4 Å². The van der Waals surface area contributed by atoms with Crippen molar-refractivity contribution in [2.75, 3.05) is 6.54 Å². The lowest BCUT2D eigenvalue weighted by molar-refractivity contribution is 0.0586. The van der Waals surface area contributed by atoms with Crippen LogP contribution in [-0.4, -0.2) is 60.1 Å². The Kier molecular flexibility index (Phi) is 5.40. The maximum absolute atomic E-state index is 12.9. The third-order valence-electron chi connectivity index (χ3n) is 5.45. The van der Waals surface area contributed by atoms with Crippen LogP contribution in [0.25, 0.3) is 0 Å². The van der Waals surface area contributed by atoms with Crippen molar-refractivity contribution >= 4 is 11.8 Å². The van der Waals surface area contributed by atoms with Crippen molar-refractivity contribution in [2.24, 2.45) is 0 Å². The normalized spacial score (nSPS) is 19.6. The van der Waals surface area contributed by atoms with E-state index < -0.39 is 0 Å². The zero-order valence-corrected chi connectivity index (χ0v) is 16.3. The van der Waals surface area contributed by atoms with Gasteiger partial charge in [-0.2, -0.15) is 5.10 Å². The highest BCUT2D eigenvalue weighted by atomic mass is 16.2. The van der Waals surface area contributed by atoms with Gasteiger partial charge in [0.2, 0.25) is 0 Å². The predicted molar refractivity (Wildman–Crippen MR) is 102 cm³/mol.